The van der Waals surface area contributed by atoms with Crippen LogP contribution in [0.15, 0.2) is 0 Å². The molecule has 3 rings (SSSR count). The van der Waals surface area contributed by atoms with Gasteiger partial charge in [-0.2, -0.15) is 10.1 Å². The molecule has 5 heteroatoms. The molecule has 0 radical (unpaired) electrons. The van der Waals surface area contributed by atoms with Gasteiger partial charge in [0.15, 0.2) is 5.82 Å². The van der Waals surface area contributed by atoms with E-state index in [1.807, 2.05) is 4.68 Å². The van der Waals surface area contributed by atoms with Crippen LogP contribution in [0.4, 0.5) is 5.95 Å². The minimum absolute atomic E-state index is 0.395. The van der Waals surface area contributed by atoms with Crippen LogP contribution in [0.3, 0.4) is 0 Å². The molecule has 2 heterocycles. The Morgan fingerprint density at radius 3 is 2.81 bits per heavy atom. The summed E-state index contributed by atoms with van der Waals surface area (Å²) in [7, 11) is 0. The molecule has 0 unspecified atom stereocenters. The maximum Gasteiger partial charge on any atom is 0.221 e. The van der Waals surface area contributed by atoms with E-state index in [1.54, 1.807) is 0 Å². The van der Waals surface area contributed by atoms with Crippen LogP contribution >= 0.6 is 0 Å². The smallest absolute Gasteiger partial charge is 0.221 e. The second-order valence-corrected chi connectivity index (χ2v) is 4.91. The van der Waals surface area contributed by atoms with Crippen molar-refractivity contribution in [2.75, 3.05) is 11.9 Å². The predicted molar refractivity (Wildman–Crippen MR) is 62.3 cm³/mol. The molecular formula is C11H19N5. The molecule has 0 saturated heterocycles. The summed E-state index contributed by atoms with van der Waals surface area (Å²) in [6, 6.07) is 0.395. The van der Waals surface area contributed by atoms with Crippen LogP contribution in [-0.2, 0) is 6.54 Å². The van der Waals surface area contributed by atoms with Gasteiger partial charge < -0.3 is 11.1 Å². The standard InChI is InChI=1S/C11H19N5/c12-9-4-2-8(3-5-9)10-14-11-13-6-1-7-16(11)15-10/h8-9H,1-7,12H2,(H,13,14,15). The van der Waals surface area contributed by atoms with Crippen LogP contribution in [0.1, 0.15) is 43.8 Å². The number of fused-ring (bicyclic) bond motifs is 1. The van der Waals surface area contributed by atoms with Crippen LogP contribution in [0.2, 0.25) is 0 Å². The molecule has 1 aromatic heterocycles. The first-order valence-corrected chi connectivity index (χ1v) is 6.27. The van der Waals surface area contributed by atoms with Crippen molar-refractivity contribution in [3.8, 4) is 0 Å². The van der Waals surface area contributed by atoms with Crippen molar-refractivity contribution in [2.24, 2.45) is 5.73 Å². The lowest BCUT2D eigenvalue weighted by Crippen LogP contribution is -2.26. The van der Waals surface area contributed by atoms with E-state index in [1.165, 1.54) is 0 Å². The monoisotopic (exact) mass is 221 g/mol. The van der Waals surface area contributed by atoms with Crippen LogP contribution in [0, 0.1) is 0 Å². The first-order valence-electron chi connectivity index (χ1n) is 6.27. The first kappa shape index (κ1) is 10.1. The third-order valence-electron chi connectivity index (χ3n) is 3.65. The molecule has 1 aliphatic carbocycles. The average molecular weight is 221 g/mol. The molecular weight excluding hydrogens is 202 g/mol. The summed E-state index contributed by atoms with van der Waals surface area (Å²) in [5.41, 5.74) is 5.91. The fourth-order valence-electron chi connectivity index (χ4n) is 2.63. The highest BCUT2D eigenvalue weighted by molar-refractivity contribution is 5.27. The molecule has 0 spiro atoms. The van der Waals surface area contributed by atoms with Gasteiger partial charge in [-0.3, -0.25) is 0 Å². The molecule has 0 aromatic carbocycles. The third kappa shape index (κ3) is 1.80. The Morgan fingerprint density at radius 2 is 2.06 bits per heavy atom. The van der Waals surface area contributed by atoms with Gasteiger partial charge >= 0.3 is 0 Å². The summed E-state index contributed by atoms with van der Waals surface area (Å²) in [4.78, 5) is 4.60. The quantitative estimate of drug-likeness (QED) is 0.744. The van der Waals surface area contributed by atoms with Crippen LogP contribution in [0.25, 0.3) is 0 Å². The minimum atomic E-state index is 0.395. The fraction of sp³-hybridized carbons (Fsp3) is 0.818. The molecule has 1 aliphatic heterocycles. The molecule has 1 aromatic rings. The second-order valence-electron chi connectivity index (χ2n) is 4.91. The van der Waals surface area contributed by atoms with Gasteiger partial charge in [-0.25, -0.2) is 4.68 Å². The van der Waals surface area contributed by atoms with Crippen molar-refractivity contribution in [1.82, 2.24) is 14.8 Å². The maximum atomic E-state index is 5.91. The highest BCUT2D eigenvalue weighted by Crippen LogP contribution is 2.31. The van der Waals surface area contributed by atoms with Crippen molar-refractivity contribution in [3.05, 3.63) is 5.82 Å². The Labute approximate surface area is 95.4 Å². The Morgan fingerprint density at radius 1 is 1.25 bits per heavy atom. The largest absolute Gasteiger partial charge is 0.354 e. The molecule has 1 fully saturated rings. The van der Waals surface area contributed by atoms with Gasteiger partial charge in [0.25, 0.3) is 0 Å². The highest BCUT2D eigenvalue weighted by atomic mass is 15.4. The number of anilines is 1. The SMILES string of the molecule is NC1CCC(c2nc3n(n2)CCCN3)CC1. The summed E-state index contributed by atoms with van der Waals surface area (Å²) in [6.45, 7) is 2.02. The van der Waals surface area contributed by atoms with Gasteiger partial charge in [0, 0.05) is 25.0 Å². The first-order chi connectivity index (χ1) is 7.83. The topological polar surface area (TPSA) is 68.8 Å². The van der Waals surface area contributed by atoms with E-state index < -0.39 is 0 Å². The van der Waals surface area contributed by atoms with E-state index in [-0.39, 0.29) is 0 Å². The van der Waals surface area contributed by atoms with Crippen molar-refractivity contribution >= 4 is 5.95 Å². The molecule has 1 saturated carbocycles. The normalized spacial score (nSPS) is 29.6. The third-order valence-corrected chi connectivity index (χ3v) is 3.65. The molecule has 0 atom stereocenters. The van der Waals surface area contributed by atoms with Gasteiger partial charge in [-0.1, -0.05) is 0 Å². The Bertz CT molecular complexity index is 341. The van der Waals surface area contributed by atoms with E-state index in [4.69, 9.17) is 5.73 Å². The van der Waals surface area contributed by atoms with Crippen LogP contribution in [-0.4, -0.2) is 27.4 Å². The van der Waals surface area contributed by atoms with Crippen molar-refractivity contribution < 1.29 is 0 Å². The van der Waals surface area contributed by atoms with E-state index in [9.17, 15) is 0 Å². The van der Waals surface area contributed by atoms with Gasteiger partial charge in [0.2, 0.25) is 5.95 Å². The van der Waals surface area contributed by atoms with E-state index in [0.717, 1.165) is 57.0 Å². The maximum absolute atomic E-state index is 5.91. The summed E-state index contributed by atoms with van der Waals surface area (Å²) in [5, 5.41) is 7.90. The molecule has 5 nitrogen and oxygen atoms in total. The lowest BCUT2D eigenvalue weighted by molar-refractivity contribution is 0.383. The lowest BCUT2D eigenvalue weighted by atomic mass is 9.86. The molecule has 2 aliphatic rings. The molecule has 3 N–H and O–H groups in total. The van der Waals surface area contributed by atoms with Gasteiger partial charge in [0.1, 0.15) is 0 Å². The van der Waals surface area contributed by atoms with Crippen molar-refractivity contribution in [3.63, 3.8) is 0 Å². The summed E-state index contributed by atoms with van der Waals surface area (Å²) < 4.78 is 2.01. The zero-order valence-electron chi connectivity index (χ0n) is 9.52. The summed E-state index contributed by atoms with van der Waals surface area (Å²) in [5.74, 6) is 2.51. The zero-order chi connectivity index (χ0) is 11.0. The van der Waals surface area contributed by atoms with Crippen molar-refractivity contribution in [2.45, 2.75) is 50.6 Å². The Balaban J connectivity index is 1.76. The lowest BCUT2D eigenvalue weighted by Gasteiger charge is -2.23. The van der Waals surface area contributed by atoms with Gasteiger partial charge in [-0.15, -0.1) is 0 Å². The number of rotatable bonds is 1. The van der Waals surface area contributed by atoms with E-state index in [2.05, 4.69) is 15.4 Å². The van der Waals surface area contributed by atoms with Gasteiger partial charge in [0.05, 0.1) is 0 Å². The number of nitrogens with two attached hydrogens (primary N) is 1. The van der Waals surface area contributed by atoms with Crippen LogP contribution < -0.4 is 11.1 Å². The fourth-order valence-corrected chi connectivity index (χ4v) is 2.63. The summed E-state index contributed by atoms with van der Waals surface area (Å²) in [6.07, 6.45) is 5.66. The van der Waals surface area contributed by atoms with Crippen molar-refractivity contribution in [1.29, 1.82) is 0 Å². The predicted octanol–water partition coefficient (Wildman–Crippen LogP) is 1.08. The van der Waals surface area contributed by atoms with Gasteiger partial charge in [-0.05, 0) is 32.1 Å². The average Bonchev–Trinajstić information content (AvgIpc) is 2.73. The summed E-state index contributed by atoms with van der Waals surface area (Å²) >= 11 is 0. The van der Waals surface area contributed by atoms with E-state index >= 15 is 0 Å². The molecule has 0 bridgehead atoms. The molecule has 0 amide bonds. The highest BCUT2D eigenvalue weighted by Gasteiger charge is 2.25. The minimum Gasteiger partial charge on any atom is -0.354 e. The number of hydrogen-bond donors (Lipinski definition) is 2. The molecule has 16 heavy (non-hydrogen) atoms. The number of aromatic nitrogens is 3. The Hall–Kier alpha value is -1.10. The molecule has 88 valence electrons. The second kappa shape index (κ2) is 4.05. The number of nitrogens with one attached hydrogen (secondary N) is 1. The number of aryl methyl sites for hydroxylation is 1. The number of hydrogen-bond acceptors (Lipinski definition) is 4. The van der Waals surface area contributed by atoms with E-state index in [0.29, 0.717) is 12.0 Å². The zero-order valence-corrected chi connectivity index (χ0v) is 9.52. The Kier molecular flexibility index (Phi) is 2.55. The van der Waals surface area contributed by atoms with Crippen LogP contribution in [0.5, 0.6) is 0 Å². The number of nitrogens with zero attached hydrogens (tertiary/aromatic N) is 3.